The molecule has 1 unspecified atom stereocenters. The molecule has 8 nitrogen and oxygen atoms in total. The molecule has 1 fully saturated rings. The van der Waals surface area contributed by atoms with Gasteiger partial charge in [0.15, 0.2) is 0 Å². The molecule has 1 aliphatic rings. The van der Waals surface area contributed by atoms with Gasteiger partial charge in [-0.3, -0.25) is 14.8 Å². The van der Waals surface area contributed by atoms with E-state index in [2.05, 4.69) is 30.6 Å². The third-order valence-electron chi connectivity index (χ3n) is 7.38. The van der Waals surface area contributed by atoms with E-state index in [9.17, 15) is 18.0 Å². The standard InChI is InChI=1S/C30H37F3N6O2/c1-17(22-9-8-20(15-36-22)19-10-12-34-24(14-19)29(6,7)30(31,32)33)38-27-35-13-11-23(39-27)25-21(16-37-26(25)40)18(2)41-28(3,4)5/h8-15,17-18,21,25H,16H2,1-7H3,(H,37,40)(H,35,38,39)/t17-,18+,21?,25+/m0/s1. The first-order chi connectivity index (χ1) is 19.1. The van der Waals surface area contributed by atoms with E-state index in [4.69, 9.17) is 4.74 Å². The van der Waals surface area contributed by atoms with Crippen LogP contribution in [0.5, 0.6) is 0 Å². The van der Waals surface area contributed by atoms with Crippen LogP contribution in [0.25, 0.3) is 11.1 Å². The molecule has 1 saturated heterocycles. The van der Waals surface area contributed by atoms with Crippen LogP contribution < -0.4 is 10.6 Å². The summed E-state index contributed by atoms with van der Waals surface area (Å²) in [6.07, 6.45) is 0.0283. The van der Waals surface area contributed by atoms with E-state index < -0.39 is 17.5 Å². The Morgan fingerprint density at radius 2 is 1.68 bits per heavy atom. The fourth-order valence-electron chi connectivity index (χ4n) is 4.89. The van der Waals surface area contributed by atoms with Gasteiger partial charge in [-0.05, 0) is 78.3 Å². The SMILES string of the molecule is C[C@H](Nc1nccc([C@@H]2C(=O)NCC2[C@@H](C)OC(C)(C)C)n1)c1ccc(-c2ccnc(C(C)(C)C(F)(F)F)c2)cn1. The lowest BCUT2D eigenvalue weighted by Crippen LogP contribution is -2.37. The molecule has 3 aromatic rings. The second-order valence-corrected chi connectivity index (χ2v) is 12.0. The number of hydrogen-bond donors (Lipinski definition) is 2. The maximum Gasteiger partial charge on any atom is 0.399 e. The van der Waals surface area contributed by atoms with Gasteiger partial charge < -0.3 is 15.4 Å². The molecule has 4 atom stereocenters. The molecule has 2 N–H and O–H groups in total. The molecule has 0 aliphatic carbocycles. The van der Waals surface area contributed by atoms with E-state index in [-0.39, 0.29) is 35.3 Å². The normalized spacial score (nSPS) is 19.5. The lowest BCUT2D eigenvalue weighted by Gasteiger charge is -2.30. The molecule has 1 amide bonds. The van der Waals surface area contributed by atoms with Crippen LogP contribution in [0.2, 0.25) is 0 Å². The summed E-state index contributed by atoms with van der Waals surface area (Å²) < 4.78 is 46.7. The van der Waals surface area contributed by atoms with Crippen molar-refractivity contribution in [2.45, 2.75) is 83.7 Å². The summed E-state index contributed by atoms with van der Waals surface area (Å²) >= 11 is 0. The quantitative estimate of drug-likeness (QED) is 0.344. The Kier molecular flexibility index (Phi) is 8.40. The second kappa shape index (κ2) is 11.3. The van der Waals surface area contributed by atoms with Crippen LogP contribution in [0.4, 0.5) is 19.1 Å². The maximum atomic E-state index is 13.5. The number of halogens is 3. The van der Waals surface area contributed by atoms with Gasteiger partial charge >= 0.3 is 6.18 Å². The summed E-state index contributed by atoms with van der Waals surface area (Å²) in [6.45, 7) is 12.6. The summed E-state index contributed by atoms with van der Waals surface area (Å²) in [4.78, 5) is 30.3. The Bertz CT molecular complexity index is 1370. The second-order valence-electron chi connectivity index (χ2n) is 12.0. The molecule has 0 aromatic carbocycles. The van der Waals surface area contributed by atoms with Crippen LogP contribution >= 0.6 is 0 Å². The van der Waals surface area contributed by atoms with Gasteiger partial charge in [0.2, 0.25) is 11.9 Å². The van der Waals surface area contributed by atoms with Gasteiger partial charge in [-0.15, -0.1) is 0 Å². The van der Waals surface area contributed by atoms with Gasteiger partial charge in [0, 0.05) is 36.6 Å². The van der Waals surface area contributed by atoms with Crippen LogP contribution in [-0.2, 0) is 14.9 Å². The number of anilines is 1. The Morgan fingerprint density at radius 1 is 0.976 bits per heavy atom. The first-order valence-corrected chi connectivity index (χ1v) is 13.6. The Hall–Kier alpha value is -3.60. The fourth-order valence-corrected chi connectivity index (χ4v) is 4.89. The van der Waals surface area contributed by atoms with Crippen molar-refractivity contribution < 1.29 is 22.7 Å². The van der Waals surface area contributed by atoms with Crippen LogP contribution in [0.1, 0.15) is 77.5 Å². The van der Waals surface area contributed by atoms with Gasteiger partial charge in [-0.2, -0.15) is 13.2 Å². The highest BCUT2D eigenvalue weighted by atomic mass is 19.4. The average Bonchev–Trinajstić information content (AvgIpc) is 3.29. The lowest BCUT2D eigenvalue weighted by atomic mass is 9.87. The van der Waals surface area contributed by atoms with Gasteiger partial charge in [-0.1, -0.05) is 6.07 Å². The number of nitrogens with zero attached hydrogens (tertiary/aromatic N) is 4. The van der Waals surface area contributed by atoms with Crippen molar-refractivity contribution >= 4 is 11.9 Å². The molecule has 1 aliphatic heterocycles. The highest BCUT2D eigenvalue weighted by molar-refractivity contribution is 5.86. The number of aromatic nitrogens is 4. The van der Waals surface area contributed by atoms with E-state index in [1.165, 1.54) is 12.3 Å². The van der Waals surface area contributed by atoms with Crippen molar-refractivity contribution in [3.05, 3.63) is 66.0 Å². The van der Waals surface area contributed by atoms with Crippen molar-refractivity contribution in [1.82, 2.24) is 25.3 Å². The fraction of sp³-hybridized carbons (Fsp3) is 0.500. The minimum absolute atomic E-state index is 0.0591. The highest BCUT2D eigenvalue weighted by Crippen LogP contribution is 2.40. The van der Waals surface area contributed by atoms with Crippen molar-refractivity contribution in [3.8, 4) is 11.1 Å². The molecule has 4 rings (SSSR count). The van der Waals surface area contributed by atoms with Crippen LogP contribution in [-0.4, -0.2) is 50.3 Å². The van der Waals surface area contributed by atoms with E-state index in [0.29, 0.717) is 35.0 Å². The predicted octanol–water partition coefficient (Wildman–Crippen LogP) is 5.98. The third kappa shape index (κ3) is 6.83. The number of rotatable bonds is 8. The molecule has 220 valence electrons. The molecule has 0 saturated carbocycles. The van der Waals surface area contributed by atoms with Gasteiger partial charge in [0.05, 0.1) is 40.7 Å². The first-order valence-electron chi connectivity index (χ1n) is 13.6. The van der Waals surface area contributed by atoms with Crippen molar-refractivity contribution in [2.24, 2.45) is 5.92 Å². The topological polar surface area (TPSA) is 102 Å². The van der Waals surface area contributed by atoms with Crippen LogP contribution in [0.15, 0.2) is 48.9 Å². The van der Waals surface area contributed by atoms with E-state index >= 15 is 0 Å². The smallest absolute Gasteiger partial charge is 0.373 e. The maximum absolute atomic E-state index is 13.5. The summed E-state index contributed by atoms with van der Waals surface area (Å²) in [5.41, 5.74) is 0.0823. The summed E-state index contributed by atoms with van der Waals surface area (Å²) in [5.74, 6) is -0.271. The summed E-state index contributed by atoms with van der Waals surface area (Å²) in [6, 6.07) is 8.18. The summed E-state index contributed by atoms with van der Waals surface area (Å²) in [5, 5.41) is 6.18. The van der Waals surface area contributed by atoms with Crippen LogP contribution in [0, 0.1) is 5.92 Å². The number of nitrogens with one attached hydrogen (secondary N) is 2. The minimum Gasteiger partial charge on any atom is -0.373 e. The third-order valence-corrected chi connectivity index (χ3v) is 7.38. The van der Waals surface area contributed by atoms with Crippen molar-refractivity contribution in [1.29, 1.82) is 0 Å². The van der Waals surface area contributed by atoms with Crippen molar-refractivity contribution in [3.63, 3.8) is 0 Å². The first kappa shape index (κ1) is 30.4. The molecular formula is C30H37F3N6O2. The zero-order valence-electron chi connectivity index (χ0n) is 24.4. The highest BCUT2D eigenvalue weighted by Gasteiger charge is 2.49. The molecule has 0 radical (unpaired) electrons. The van der Waals surface area contributed by atoms with Gasteiger partial charge in [0.25, 0.3) is 0 Å². The monoisotopic (exact) mass is 570 g/mol. The van der Waals surface area contributed by atoms with Crippen LogP contribution in [0.3, 0.4) is 0 Å². The molecule has 0 spiro atoms. The zero-order chi connectivity index (χ0) is 30.2. The van der Waals surface area contributed by atoms with Gasteiger partial charge in [0.1, 0.15) is 5.41 Å². The van der Waals surface area contributed by atoms with E-state index in [0.717, 1.165) is 13.8 Å². The predicted molar refractivity (Wildman–Crippen MR) is 150 cm³/mol. The number of alkyl halides is 3. The van der Waals surface area contributed by atoms with Gasteiger partial charge in [-0.25, -0.2) is 9.97 Å². The molecule has 41 heavy (non-hydrogen) atoms. The number of pyridine rings is 2. The Labute approximate surface area is 238 Å². The molecule has 0 bridgehead atoms. The number of hydrogen-bond acceptors (Lipinski definition) is 7. The zero-order valence-corrected chi connectivity index (χ0v) is 24.4. The Balaban J connectivity index is 1.49. The van der Waals surface area contributed by atoms with E-state index in [1.807, 2.05) is 40.7 Å². The Morgan fingerprint density at radius 3 is 2.32 bits per heavy atom. The van der Waals surface area contributed by atoms with Crippen molar-refractivity contribution in [2.75, 3.05) is 11.9 Å². The number of ether oxygens (including phenoxy) is 1. The largest absolute Gasteiger partial charge is 0.399 e. The number of amides is 1. The number of carbonyl (C=O) groups excluding carboxylic acids is 1. The molecule has 11 heteroatoms. The summed E-state index contributed by atoms with van der Waals surface area (Å²) in [7, 11) is 0. The molecular weight excluding hydrogens is 533 g/mol. The average molecular weight is 571 g/mol. The molecule has 4 heterocycles. The van der Waals surface area contributed by atoms with E-state index in [1.54, 1.807) is 30.6 Å². The minimum atomic E-state index is -4.43. The number of carbonyl (C=O) groups is 1. The molecule has 3 aromatic heterocycles. The lowest BCUT2D eigenvalue weighted by molar-refractivity contribution is -0.181.